The molecule has 1 aromatic carbocycles. The number of carbonyl (C=O) groups excluding carboxylic acids is 1. The first-order chi connectivity index (χ1) is 10.1. The van der Waals surface area contributed by atoms with Crippen LogP contribution in [-0.4, -0.2) is 33.1 Å². The molecule has 0 saturated carbocycles. The third-order valence-corrected chi connectivity index (χ3v) is 4.15. The van der Waals surface area contributed by atoms with Gasteiger partial charge in [-0.15, -0.1) is 0 Å². The van der Waals surface area contributed by atoms with Gasteiger partial charge in [-0.1, -0.05) is 6.07 Å². The highest BCUT2D eigenvalue weighted by molar-refractivity contribution is 5.91. The number of carbonyl (C=O) groups is 1. The van der Waals surface area contributed by atoms with Crippen LogP contribution in [0.1, 0.15) is 31.2 Å². The Kier molecular flexibility index (Phi) is 5.62. The summed E-state index contributed by atoms with van der Waals surface area (Å²) in [4.78, 5) is 14.1. The summed E-state index contributed by atoms with van der Waals surface area (Å²) in [6.45, 7) is 4.26. The van der Waals surface area contributed by atoms with Gasteiger partial charge in [-0.25, -0.2) is 0 Å². The van der Waals surface area contributed by atoms with E-state index in [1.807, 2.05) is 26.2 Å². The Morgan fingerprint density at radius 3 is 2.90 bits per heavy atom. The molecule has 0 bridgehead atoms. The van der Waals surface area contributed by atoms with Crippen molar-refractivity contribution in [3.05, 3.63) is 23.8 Å². The van der Waals surface area contributed by atoms with Crippen molar-refractivity contribution in [3.63, 3.8) is 0 Å². The van der Waals surface area contributed by atoms with Gasteiger partial charge in [0.25, 0.3) is 0 Å². The Morgan fingerprint density at radius 1 is 1.43 bits per heavy atom. The first-order valence-corrected chi connectivity index (χ1v) is 7.85. The molecule has 1 unspecified atom stereocenters. The summed E-state index contributed by atoms with van der Waals surface area (Å²) < 4.78 is 0. The second-order valence-electron chi connectivity index (χ2n) is 6.19. The van der Waals surface area contributed by atoms with Crippen LogP contribution in [0.2, 0.25) is 0 Å². The van der Waals surface area contributed by atoms with Gasteiger partial charge in [-0.3, -0.25) is 4.79 Å². The average Bonchev–Trinajstić information content (AvgIpc) is 2.48. The molecule has 1 amide bonds. The third kappa shape index (κ3) is 4.74. The highest BCUT2D eigenvalue weighted by atomic mass is 16.1. The van der Waals surface area contributed by atoms with Gasteiger partial charge in [0.15, 0.2) is 0 Å². The van der Waals surface area contributed by atoms with Gasteiger partial charge in [-0.05, 0) is 62.9 Å². The molecule has 1 aliphatic heterocycles. The second kappa shape index (κ2) is 7.46. The summed E-state index contributed by atoms with van der Waals surface area (Å²) in [6.07, 6.45) is 4.06. The molecule has 2 rings (SSSR count). The number of anilines is 2. The average molecular weight is 289 g/mol. The van der Waals surface area contributed by atoms with E-state index in [0.29, 0.717) is 12.3 Å². The van der Waals surface area contributed by atoms with Crippen molar-refractivity contribution in [2.45, 2.75) is 32.6 Å². The number of hydrogen-bond donors (Lipinski definition) is 2. The minimum atomic E-state index is 0.120. The molecule has 21 heavy (non-hydrogen) atoms. The molecule has 1 saturated heterocycles. The first kappa shape index (κ1) is 15.8. The van der Waals surface area contributed by atoms with E-state index in [4.69, 9.17) is 0 Å². The van der Waals surface area contributed by atoms with Crippen molar-refractivity contribution >= 4 is 17.3 Å². The predicted molar refractivity (Wildman–Crippen MR) is 89.0 cm³/mol. The number of aryl methyl sites for hydroxylation is 1. The fraction of sp³-hybridized carbons (Fsp3) is 0.588. The van der Waals surface area contributed by atoms with Crippen LogP contribution < -0.4 is 15.5 Å². The third-order valence-electron chi connectivity index (χ3n) is 4.15. The predicted octanol–water partition coefficient (Wildman–Crippen LogP) is 2.78. The number of amides is 1. The molecule has 1 atom stereocenters. The van der Waals surface area contributed by atoms with Gasteiger partial charge in [0.05, 0.1) is 0 Å². The van der Waals surface area contributed by atoms with E-state index in [1.54, 1.807) is 0 Å². The maximum absolute atomic E-state index is 12.1. The molecule has 0 radical (unpaired) electrons. The Hall–Kier alpha value is -1.55. The Bertz CT molecular complexity index is 479. The lowest BCUT2D eigenvalue weighted by molar-refractivity contribution is -0.116. The van der Waals surface area contributed by atoms with Gasteiger partial charge >= 0.3 is 0 Å². The van der Waals surface area contributed by atoms with E-state index < -0.39 is 0 Å². The van der Waals surface area contributed by atoms with E-state index in [0.717, 1.165) is 30.9 Å². The number of nitrogens with zero attached hydrogens (tertiary/aromatic N) is 1. The lowest BCUT2D eigenvalue weighted by Crippen LogP contribution is -2.30. The topological polar surface area (TPSA) is 44.4 Å². The van der Waals surface area contributed by atoms with Crippen molar-refractivity contribution in [1.82, 2.24) is 5.32 Å². The summed E-state index contributed by atoms with van der Waals surface area (Å²) >= 11 is 0. The highest BCUT2D eigenvalue weighted by Crippen LogP contribution is 2.23. The molecule has 1 heterocycles. The lowest BCUT2D eigenvalue weighted by Gasteiger charge is -2.22. The van der Waals surface area contributed by atoms with Crippen LogP contribution in [-0.2, 0) is 4.79 Å². The van der Waals surface area contributed by atoms with Crippen molar-refractivity contribution in [2.75, 3.05) is 37.4 Å². The van der Waals surface area contributed by atoms with E-state index in [1.165, 1.54) is 18.4 Å². The second-order valence-corrected chi connectivity index (χ2v) is 6.19. The van der Waals surface area contributed by atoms with Gasteiger partial charge in [0.2, 0.25) is 5.91 Å². The number of nitrogens with one attached hydrogen (secondary N) is 2. The Labute approximate surface area is 127 Å². The number of rotatable bonds is 5. The van der Waals surface area contributed by atoms with Gasteiger partial charge in [0, 0.05) is 31.9 Å². The fourth-order valence-corrected chi connectivity index (χ4v) is 2.90. The molecule has 1 aliphatic rings. The van der Waals surface area contributed by atoms with Crippen LogP contribution in [0, 0.1) is 12.8 Å². The van der Waals surface area contributed by atoms with E-state index in [-0.39, 0.29) is 5.91 Å². The van der Waals surface area contributed by atoms with Crippen molar-refractivity contribution in [2.24, 2.45) is 5.92 Å². The first-order valence-electron chi connectivity index (χ1n) is 7.85. The summed E-state index contributed by atoms with van der Waals surface area (Å²) in [7, 11) is 4.04. The molecular weight excluding hydrogens is 262 g/mol. The minimum absolute atomic E-state index is 0.120. The molecule has 4 nitrogen and oxygen atoms in total. The molecule has 0 aromatic heterocycles. The molecule has 1 fully saturated rings. The van der Waals surface area contributed by atoms with E-state index in [9.17, 15) is 4.79 Å². The zero-order chi connectivity index (χ0) is 15.2. The van der Waals surface area contributed by atoms with Gasteiger partial charge < -0.3 is 15.5 Å². The zero-order valence-electron chi connectivity index (χ0n) is 13.4. The summed E-state index contributed by atoms with van der Waals surface area (Å²) in [6, 6.07) is 6.06. The van der Waals surface area contributed by atoms with Crippen molar-refractivity contribution in [1.29, 1.82) is 0 Å². The van der Waals surface area contributed by atoms with Crippen LogP contribution in [0.25, 0.3) is 0 Å². The maximum atomic E-state index is 12.1. The molecule has 2 N–H and O–H groups in total. The quantitative estimate of drug-likeness (QED) is 0.876. The zero-order valence-corrected chi connectivity index (χ0v) is 13.4. The van der Waals surface area contributed by atoms with Crippen molar-refractivity contribution in [3.8, 4) is 0 Å². The lowest BCUT2D eigenvalue weighted by atomic mass is 9.94. The van der Waals surface area contributed by atoms with Crippen LogP contribution >= 0.6 is 0 Å². The molecular formula is C17H27N3O. The smallest absolute Gasteiger partial charge is 0.224 e. The molecule has 0 aliphatic carbocycles. The molecule has 1 aromatic rings. The fourth-order valence-electron chi connectivity index (χ4n) is 2.90. The normalized spacial score (nSPS) is 18.3. The minimum Gasteiger partial charge on any atom is -0.377 e. The standard InChI is InChI=1S/C17H27N3O/c1-13-6-8-15(11-16(13)20(2)3)19-17(21)9-7-14-5-4-10-18-12-14/h6,8,11,14,18H,4-5,7,9-10,12H2,1-3H3,(H,19,21). The Balaban J connectivity index is 1.85. The molecule has 4 heteroatoms. The van der Waals surface area contributed by atoms with Crippen LogP contribution in [0.3, 0.4) is 0 Å². The van der Waals surface area contributed by atoms with Crippen LogP contribution in [0.4, 0.5) is 11.4 Å². The highest BCUT2D eigenvalue weighted by Gasteiger charge is 2.14. The monoisotopic (exact) mass is 289 g/mol. The van der Waals surface area contributed by atoms with Gasteiger partial charge in [0.1, 0.15) is 0 Å². The van der Waals surface area contributed by atoms with Crippen LogP contribution in [0.15, 0.2) is 18.2 Å². The summed E-state index contributed by atoms with van der Waals surface area (Å²) in [5, 5.41) is 6.42. The number of benzene rings is 1. The summed E-state index contributed by atoms with van der Waals surface area (Å²) in [5.41, 5.74) is 3.24. The molecule has 0 spiro atoms. The SMILES string of the molecule is Cc1ccc(NC(=O)CCC2CCCNC2)cc1N(C)C. The maximum Gasteiger partial charge on any atom is 0.224 e. The van der Waals surface area contributed by atoms with Gasteiger partial charge in [-0.2, -0.15) is 0 Å². The molecule has 116 valence electrons. The van der Waals surface area contributed by atoms with E-state index in [2.05, 4.69) is 28.5 Å². The number of piperidine rings is 1. The summed E-state index contributed by atoms with van der Waals surface area (Å²) in [5.74, 6) is 0.772. The number of hydrogen-bond acceptors (Lipinski definition) is 3. The Morgan fingerprint density at radius 2 is 2.24 bits per heavy atom. The largest absolute Gasteiger partial charge is 0.377 e. The van der Waals surface area contributed by atoms with E-state index >= 15 is 0 Å². The van der Waals surface area contributed by atoms with Crippen LogP contribution in [0.5, 0.6) is 0 Å². The van der Waals surface area contributed by atoms with Crippen molar-refractivity contribution < 1.29 is 4.79 Å².